The first-order valence-corrected chi connectivity index (χ1v) is 6.60. The lowest BCUT2D eigenvalue weighted by Gasteiger charge is -2.00. The van der Waals surface area contributed by atoms with E-state index < -0.39 is 9.05 Å². The first kappa shape index (κ1) is 10.4. The molecule has 0 amide bonds. The van der Waals surface area contributed by atoms with Crippen molar-refractivity contribution in [1.82, 2.24) is 10.2 Å². The predicted molar refractivity (Wildman–Crippen MR) is 58.6 cm³/mol. The Balaban J connectivity index is 2.97. The standard InChI is InChI=1S/C9H9ClN2O2S/c1-5-3-7-6(2)11-12-9(7)8(4-5)15(10,13)14/h3-4H,1-2H3,(H,11,12). The van der Waals surface area contributed by atoms with Crippen LogP contribution in [-0.2, 0) is 9.05 Å². The molecule has 1 N–H and O–H groups in total. The third-order valence-corrected chi connectivity index (χ3v) is 3.58. The van der Waals surface area contributed by atoms with Gasteiger partial charge in [0.05, 0.1) is 11.2 Å². The Kier molecular flexibility index (Phi) is 2.24. The first-order chi connectivity index (χ1) is 6.89. The lowest BCUT2D eigenvalue weighted by Crippen LogP contribution is -1.93. The molecular weight excluding hydrogens is 236 g/mol. The van der Waals surface area contributed by atoms with E-state index in [1.54, 1.807) is 0 Å². The molecule has 1 aromatic heterocycles. The van der Waals surface area contributed by atoms with Crippen LogP contribution in [0.4, 0.5) is 0 Å². The summed E-state index contributed by atoms with van der Waals surface area (Å²) in [4.78, 5) is 0.0831. The summed E-state index contributed by atoms with van der Waals surface area (Å²) in [5.74, 6) is 0. The van der Waals surface area contributed by atoms with Gasteiger partial charge in [-0.05, 0) is 31.5 Å². The van der Waals surface area contributed by atoms with Gasteiger partial charge in [-0.15, -0.1) is 0 Å². The molecule has 4 nitrogen and oxygen atoms in total. The fraction of sp³-hybridized carbons (Fsp3) is 0.222. The van der Waals surface area contributed by atoms with Crippen molar-refractivity contribution in [3.8, 4) is 0 Å². The molecule has 0 saturated heterocycles. The van der Waals surface area contributed by atoms with Crippen molar-refractivity contribution in [2.75, 3.05) is 0 Å². The second-order valence-corrected chi connectivity index (χ2v) is 5.97. The number of hydrogen-bond donors (Lipinski definition) is 1. The summed E-state index contributed by atoms with van der Waals surface area (Å²) in [6.07, 6.45) is 0. The lowest BCUT2D eigenvalue weighted by molar-refractivity contribution is 0.610. The number of nitrogens with one attached hydrogen (secondary N) is 1. The molecular formula is C9H9ClN2O2S. The first-order valence-electron chi connectivity index (χ1n) is 4.29. The van der Waals surface area contributed by atoms with E-state index in [2.05, 4.69) is 10.2 Å². The molecule has 0 spiro atoms. The number of benzene rings is 1. The zero-order valence-corrected chi connectivity index (χ0v) is 9.78. The molecule has 1 aromatic carbocycles. The Morgan fingerprint density at radius 3 is 2.60 bits per heavy atom. The molecule has 1 heterocycles. The number of aromatic amines is 1. The van der Waals surface area contributed by atoms with Crippen LogP contribution in [0.25, 0.3) is 10.9 Å². The monoisotopic (exact) mass is 244 g/mol. The molecule has 2 aromatic rings. The average Bonchev–Trinajstić information content (AvgIpc) is 2.45. The highest BCUT2D eigenvalue weighted by Crippen LogP contribution is 2.27. The molecule has 80 valence electrons. The van der Waals surface area contributed by atoms with Crippen LogP contribution in [0.3, 0.4) is 0 Å². The van der Waals surface area contributed by atoms with Gasteiger partial charge in [-0.1, -0.05) is 0 Å². The van der Waals surface area contributed by atoms with Crippen LogP contribution in [0.5, 0.6) is 0 Å². The zero-order valence-electron chi connectivity index (χ0n) is 8.20. The van der Waals surface area contributed by atoms with Crippen molar-refractivity contribution in [2.24, 2.45) is 0 Å². The minimum absolute atomic E-state index is 0.0831. The third-order valence-electron chi connectivity index (χ3n) is 2.23. The summed E-state index contributed by atoms with van der Waals surface area (Å²) in [6.45, 7) is 3.63. The van der Waals surface area contributed by atoms with Crippen LogP contribution in [-0.4, -0.2) is 18.6 Å². The van der Waals surface area contributed by atoms with E-state index in [1.807, 2.05) is 19.9 Å². The summed E-state index contributed by atoms with van der Waals surface area (Å²) in [5.41, 5.74) is 2.06. The molecule has 0 bridgehead atoms. The lowest BCUT2D eigenvalue weighted by atomic mass is 10.1. The smallest absolute Gasteiger partial charge is 0.263 e. The minimum atomic E-state index is -3.74. The van der Waals surface area contributed by atoms with E-state index in [9.17, 15) is 8.42 Å². The fourth-order valence-corrected chi connectivity index (χ4v) is 2.64. The topological polar surface area (TPSA) is 62.8 Å². The van der Waals surface area contributed by atoms with Crippen LogP contribution in [0, 0.1) is 13.8 Å². The van der Waals surface area contributed by atoms with Gasteiger partial charge in [-0.3, -0.25) is 5.10 Å². The normalized spacial score (nSPS) is 12.2. The fourth-order valence-electron chi connectivity index (χ4n) is 1.55. The minimum Gasteiger partial charge on any atom is -0.276 e. The van der Waals surface area contributed by atoms with E-state index in [1.165, 1.54) is 6.07 Å². The highest BCUT2D eigenvalue weighted by atomic mass is 35.7. The Morgan fingerprint density at radius 1 is 1.33 bits per heavy atom. The highest BCUT2D eigenvalue weighted by molar-refractivity contribution is 8.14. The van der Waals surface area contributed by atoms with Crippen LogP contribution < -0.4 is 0 Å². The highest BCUT2D eigenvalue weighted by Gasteiger charge is 2.17. The van der Waals surface area contributed by atoms with Gasteiger partial charge in [0.25, 0.3) is 9.05 Å². The number of hydrogen-bond acceptors (Lipinski definition) is 3. The van der Waals surface area contributed by atoms with Crippen molar-refractivity contribution in [2.45, 2.75) is 18.7 Å². The van der Waals surface area contributed by atoms with Gasteiger partial charge < -0.3 is 0 Å². The summed E-state index contributed by atoms with van der Waals surface area (Å²) in [6, 6.07) is 3.40. The van der Waals surface area contributed by atoms with Gasteiger partial charge in [-0.25, -0.2) is 8.42 Å². The van der Waals surface area contributed by atoms with E-state index >= 15 is 0 Å². The summed E-state index contributed by atoms with van der Waals surface area (Å²) >= 11 is 0. The van der Waals surface area contributed by atoms with Crippen molar-refractivity contribution in [3.05, 3.63) is 23.4 Å². The Hall–Kier alpha value is -1.07. The summed E-state index contributed by atoms with van der Waals surface area (Å²) < 4.78 is 22.7. The van der Waals surface area contributed by atoms with Crippen LogP contribution in [0.2, 0.25) is 0 Å². The zero-order chi connectivity index (χ0) is 11.2. The van der Waals surface area contributed by atoms with E-state index in [-0.39, 0.29) is 4.90 Å². The SMILES string of the molecule is Cc1cc(S(=O)(=O)Cl)c2[nH]nc(C)c2c1. The van der Waals surface area contributed by atoms with Gasteiger partial charge in [0.15, 0.2) is 0 Å². The number of nitrogens with zero attached hydrogens (tertiary/aromatic N) is 1. The molecule has 15 heavy (non-hydrogen) atoms. The molecule has 6 heteroatoms. The van der Waals surface area contributed by atoms with Gasteiger partial charge in [0.1, 0.15) is 4.90 Å². The molecule has 2 rings (SSSR count). The van der Waals surface area contributed by atoms with Crippen molar-refractivity contribution in [1.29, 1.82) is 0 Å². The largest absolute Gasteiger partial charge is 0.276 e. The van der Waals surface area contributed by atoms with Crippen molar-refractivity contribution in [3.63, 3.8) is 0 Å². The molecule has 0 aliphatic heterocycles. The Morgan fingerprint density at radius 2 is 2.00 bits per heavy atom. The number of H-pyrrole nitrogens is 1. The molecule has 0 aliphatic carbocycles. The Bertz CT molecular complexity index is 631. The van der Waals surface area contributed by atoms with Crippen LogP contribution in [0.15, 0.2) is 17.0 Å². The molecule has 0 aliphatic rings. The maximum Gasteiger partial charge on any atom is 0.263 e. The molecule has 0 fully saturated rings. The molecule has 0 unspecified atom stereocenters. The Labute approximate surface area is 91.7 Å². The second kappa shape index (κ2) is 3.21. The third kappa shape index (κ3) is 1.72. The molecule has 0 atom stereocenters. The number of aryl methyl sites for hydroxylation is 2. The van der Waals surface area contributed by atoms with E-state index in [0.29, 0.717) is 5.52 Å². The van der Waals surface area contributed by atoms with Crippen LogP contribution in [0.1, 0.15) is 11.3 Å². The summed E-state index contributed by atoms with van der Waals surface area (Å²) in [7, 11) is 1.61. The molecule has 0 radical (unpaired) electrons. The van der Waals surface area contributed by atoms with Gasteiger partial charge in [-0.2, -0.15) is 5.10 Å². The van der Waals surface area contributed by atoms with Gasteiger partial charge >= 0.3 is 0 Å². The maximum atomic E-state index is 11.3. The quantitative estimate of drug-likeness (QED) is 0.782. The van der Waals surface area contributed by atoms with E-state index in [0.717, 1.165) is 16.6 Å². The number of rotatable bonds is 1. The second-order valence-electron chi connectivity index (χ2n) is 3.43. The summed E-state index contributed by atoms with van der Waals surface area (Å²) in [5, 5.41) is 7.43. The van der Waals surface area contributed by atoms with Crippen molar-refractivity contribution >= 4 is 30.6 Å². The van der Waals surface area contributed by atoms with Gasteiger partial charge in [0.2, 0.25) is 0 Å². The van der Waals surface area contributed by atoms with E-state index in [4.69, 9.17) is 10.7 Å². The number of fused-ring (bicyclic) bond motifs is 1. The maximum absolute atomic E-state index is 11.3. The van der Waals surface area contributed by atoms with Gasteiger partial charge in [0, 0.05) is 16.1 Å². The number of halogens is 1. The van der Waals surface area contributed by atoms with Crippen molar-refractivity contribution < 1.29 is 8.42 Å². The predicted octanol–water partition coefficient (Wildman–Crippen LogP) is 2.11. The average molecular weight is 245 g/mol. The number of aromatic nitrogens is 2. The molecule has 0 saturated carbocycles. The van der Waals surface area contributed by atoms with Crippen LogP contribution >= 0.6 is 10.7 Å².